The molecular formula is C19H28N2O3. The number of hydrogen-bond acceptors (Lipinski definition) is 3. The number of likely N-dealkylation sites (tertiary alicyclic amines) is 1. The molecule has 0 spiro atoms. The maximum absolute atomic E-state index is 12.6. The first-order chi connectivity index (χ1) is 11.6. The van der Waals surface area contributed by atoms with Crippen LogP contribution in [-0.4, -0.2) is 42.5 Å². The Balaban J connectivity index is 1.33. The van der Waals surface area contributed by atoms with E-state index in [1.807, 2.05) is 11.0 Å². The van der Waals surface area contributed by atoms with Crippen LogP contribution in [0.4, 0.5) is 0 Å². The standard InChI is InChI=1S/C19H28N2O3/c20-19(23)15-7-10-24-18(15)14-5-8-21(9-6-14)17(22)11-16(12-1-2-12)13-3-4-13/h11-15,18H,1-10H2,(H2,20,23)/t15-,18+/m0/s1. The molecule has 0 unspecified atom stereocenters. The normalized spacial score (nSPS) is 31.1. The van der Waals surface area contributed by atoms with Gasteiger partial charge in [-0.3, -0.25) is 9.59 Å². The molecule has 2 saturated carbocycles. The number of nitrogens with two attached hydrogens (primary N) is 1. The number of nitrogens with zero attached hydrogens (tertiary/aromatic N) is 1. The maximum Gasteiger partial charge on any atom is 0.246 e. The average molecular weight is 332 g/mol. The summed E-state index contributed by atoms with van der Waals surface area (Å²) in [4.78, 5) is 26.2. The summed E-state index contributed by atoms with van der Waals surface area (Å²) >= 11 is 0. The van der Waals surface area contributed by atoms with Crippen LogP contribution in [0.2, 0.25) is 0 Å². The van der Waals surface area contributed by atoms with Gasteiger partial charge < -0.3 is 15.4 Å². The molecule has 132 valence electrons. The Bertz CT molecular complexity index is 529. The molecule has 0 aromatic rings. The van der Waals surface area contributed by atoms with E-state index in [0.717, 1.165) is 32.4 Å². The van der Waals surface area contributed by atoms with Crippen LogP contribution in [0.5, 0.6) is 0 Å². The van der Waals surface area contributed by atoms with Gasteiger partial charge in [0, 0.05) is 25.8 Å². The first-order valence-electron chi connectivity index (χ1n) is 9.55. The Kier molecular flexibility index (Phi) is 4.37. The van der Waals surface area contributed by atoms with E-state index in [0.29, 0.717) is 24.4 Å². The summed E-state index contributed by atoms with van der Waals surface area (Å²) < 4.78 is 5.79. The number of allylic oxidation sites excluding steroid dienone is 1. The molecule has 2 saturated heterocycles. The van der Waals surface area contributed by atoms with Crippen molar-refractivity contribution < 1.29 is 14.3 Å². The largest absolute Gasteiger partial charge is 0.377 e. The molecule has 0 radical (unpaired) electrons. The van der Waals surface area contributed by atoms with Crippen LogP contribution in [-0.2, 0) is 14.3 Å². The highest BCUT2D eigenvalue weighted by molar-refractivity contribution is 5.88. The minimum Gasteiger partial charge on any atom is -0.377 e. The van der Waals surface area contributed by atoms with Crippen molar-refractivity contribution >= 4 is 11.8 Å². The number of ether oxygens (including phenoxy) is 1. The van der Waals surface area contributed by atoms with Gasteiger partial charge in [0.25, 0.3) is 0 Å². The second kappa shape index (κ2) is 6.51. The first-order valence-corrected chi connectivity index (χ1v) is 9.55. The van der Waals surface area contributed by atoms with Gasteiger partial charge in [-0.15, -0.1) is 0 Å². The van der Waals surface area contributed by atoms with Crippen molar-refractivity contribution in [2.75, 3.05) is 19.7 Å². The molecule has 5 nitrogen and oxygen atoms in total. The lowest BCUT2D eigenvalue weighted by molar-refractivity contribution is -0.130. The molecule has 0 aromatic carbocycles. The van der Waals surface area contributed by atoms with E-state index >= 15 is 0 Å². The summed E-state index contributed by atoms with van der Waals surface area (Å²) in [5, 5.41) is 0. The summed E-state index contributed by atoms with van der Waals surface area (Å²) in [5.41, 5.74) is 6.93. The van der Waals surface area contributed by atoms with Gasteiger partial charge in [0.05, 0.1) is 12.0 Å². The molecule has 2 atom stereocenters. The van der Waals surface area contributed by atoms with Crippen LogP contribution in [0.3, 0.4) is 0 Å². The fourth-order valence-corrected chi connectivity index (χ4v) is 4.46. The SMILES string of the molecule is NC(=O)[C@H]1CCO[C@@H]1C1CCN(C(=O)C=C(C2CC2)C2CC2)CC1. The summed E-state index contributed by atoms with van der Waals surface area (Å²) in [6.07, 6.45) is 9.56. The summed E-state index contributed by atoms with van der Waals surface area (Å²) in [6, 6.07) is 0. The lowest BCUT2D eigenvalue weighted by Crippen LogP contribution is -2.43. The van der Waals surface area contributed by atoms with Crippen molar-refractivity contribution in [1.29, 1.82) is 0 Å². The fraction of sp³-hybridized carbons (Fsp3) is 0.789. The van der Waals surface area contributed by atoms with Crippen molar-refractivity contribution in [3.05, 3.63) is 11.6 Å². The lowest BCUT2D eigenvalue weighted by atomic mass is 9.84. The quantitative estimate of drug-likeness (QED) is 0.781. The number of rotatable bonds is 5. The Labute approximate surface area is 143 Å². The van der Waals surface area contributed by atoms with Crippen LogP contribution in [0.25, 0.3) is 0 Å². The molecule has 4 rings (SSSR count). The molecule has 4 fully saturated rings. The molecule has 2 amide bonds. The lowest BCUT2D eigenvalue weighted by Gasteiger charge is -2.35. The maximum atomic E-state index is 12.6. The van der Waals surface area contributed by atoms with E-state index < -0.39 is 0 Å². The molecule has 24 heavy (non-hydrogen) atoms. The number of amides is 2. The Morgan fingerprint density at radius 3 is 2.12 bits per heavy atom. The molecule has 2 aliphatic carbocycles. The third kappa shape index (κ3) is 3.37. The zero-order valence-electron chi connectivity index (χ0n) is 14.3. The van der Waals surface area contributed by atoms with E-state index in [-0.39, 0.29) is 23.8 Å². The van der Waals surface area contributed by atoms with Crippen LogP contribution < -0.4 is 5.73 Å². The fourth-order valence-electron chi connectivity index (χ4n) is 4.46. The number of carbonyl (C=O) groups is 2. The zero-order valence-corrected chi connectivity index (χ0v) is 14.3. The van der Waals surface area contributed by atoms with Gasteiger partial charge in [-0.25, -0.2) is 0 Å². The van der Waals surface area contributed by atoms with Crippen LogP contribution in [0, 0.1) is 23.7 Å². The summed E-state index contributed by atoms with van der Waals surface area (Å²) in [6.45, 7) is 2.17. The second-order valence-electron chi connectivity index (χ2n) is 7.99. The van der Waals surface area contributed by atoms with Crippen LogP contribution in [0.15, 0.2) is 11.6 Å². The third-order valence-corrected chi connectivity index (χ3v) is 6.20. The molecule has 2 N–H and O–H groups in total. The number of primary amides is 1. The minimum atomic E-state index is -0.238. The van der Waals surface area contributed by atoms with Gasteiger partial charge in [0.1, 0.15) is 0 Å². The van der Waals surface area contributed by atoms with E-state index in [4.69, 9.17) is 10.5 Å². The molecule has 0 aromatic heterocycles. The van der Waals surface area contributed by atoms with Crippen molar-refractivity contribution in [2.45, 2.75) is 51.0 Å². The minimum absolute atomic E-state index is 0.0382. The molecule has 5 heteroatoms. The van der Waals surface area contributed by atoms with Crippen LogP contribution >= 0.6 is 0 Å². The van der Waals surface area contributed by atoms with Crippen molar-refractivity contribution in [1.82, 2.24) is 4.90 Å². The Morgan fingerprint density at radius 2 is 1.58 bits per heavy atom. The van der Waals surface area contributed by atoms with Gasteiger partial charge >= 0.3 is 0 Å². The van der Waals surface area contributed by atoms with Crippen molar-refractivity contribution in [2.24, 2.45) is 29.4 Å². The predicted octanol–water partition coefficient (Wildman–Crippen LogP) is 1.86. The number of hydrogen-bond donors (Lipinski definition) is 1. The predicted molar refractivity (Wildman–Crippen MR) is 89.9 cm³/mol. The van der Waals surface area contributed by atoms with E-state index in [1.165, 1.54) is 31.3 Å². The van der Waals surface area contributed by atoms with E-state index in [9.17, 15) is 9.59 Å². The molecule has 0 bridgehead atoms. The zero-order chi connectivity index (χ0) is 16.7. The van der Waals surface area contributed by atoms with Gasteiger partial charge in [0.15, 0.2) is 0 Å². The highest BCUT2D eigenvalue weighted by Gasteiger charge is 2.40. The van der Waals surface area contributed by atoms with Gasteiger partial charge in [-0.2, -0.15) is 0 Å². The summed E-state index contributed by atoms with van der Waals surface area (Å²) in [7, 11) is 0. The topological polar surface area (TPSA) is 72.6 Å². The Morgan fingerprint density at radius 1 is 0.958 bits per heavy atom. The highest BCUT2D eigenvalue weighted by atomic mass is 16.5. The molecule has 4 aliphatic rings. The average Bonchev–Trinajstić information content (AvgIpc) is 3.51. The van der Waals surface area contributed by atoms with E-state index in [1.54, 1.807) is 0 Å². The summed E-state index contributed by atoms with van der Waals surface area (Å²) in [5.74, 6) is 1.56. The highest BCUT2D eigenvalue weighted by Crippen LogP contribution is 2.48. The monoisotopic (exact) mass is 332 g/mol. The number of carbonyl (C=O) groups excluding carboxylic acids is 2. The van der Waals surface area contributed by atoms with Gasteiger partial charge in [0.2, 0.25) is 11.8 Å². The van der Waals surface area contributed by atoms with Crippen LogP contribution in [0.1, 0.15) is 44.9 Å². The molecule has 2 aliphatic heterocycles. The van der Waals surface area contributed by atoms with Gasteiger partial charge in [-0.1, -0.05) is 5.57 Å². The van der Waals surface area contributed by atoms with Gasteiger partial charge in [-0.05, 0) is 62.7 Å². The third-order valence-electron chi connectivity index (χ3n) is 6.20. The van der Waals surface area contributed by atoms with Crippen molar-refractivity contribution in [3.8, 4) is 0 Å². The first kappa shape index (κ1) is 16.1. The van der Waals surface area contributed by atoms with E-state index in [2.05, 4.69) is 0 Å². The van der Waals surface area contributed by atoms with Crippen molar-refractivity contribution in [3.63, 3.8) is 0 Å². The smallest absolute Gasteiger partial charge is 0.246 e. The second-order valence-corrected chi connectivity index (χ2v) is 7.99. The number of piperidine rings is 1. The Hall–Kier alpha value is -1.36. The molecule has 2 heterocycles. The molecular weight excluding hydrogens is 304 g/mol.